The van der Waals surface area contributed by atoms with Gasteiger partial charge in [0, 0.05) is 18.4 Å². The van der Waals surface area contributed by atoms with E-state index in [1.807, 2.05) is 37.3 Å². The molecule has 5 heteroatoms. The highest BCUT2D eigenvalue weighted by atomic mass is 32.2. The van der Waals surface area contributed by atoms with Crippen LogP contribution in [0, 0.1) is 0 Å². The van der Waals surface area contributed by atoms with Crippen LogP contribution in [0.4, 0.5) is 0 Å². The molecular formula is C17H19NO3S. The molecule has 0 radical (unpaired) electrons. The van der Waals surface area contributed by atoms with Crippen molar-refractivity contribution in [1.29, 1.82) is 0 Å². The Hall–Kier alpha value is -2.14. The lowest BCUT2D eigenvalue weighted by Gasteiger charge is -2.13. The number of carbonyl (C=O) groups excluding carboxylic acids is 1. The highest BCUT2D eigenvalue weighted by molar-refractivity contribution is 7.90. The molecular weight excluding hydrogens is 298 g/mol. The first-order valence-corrected chi connectivity index (χ1v) is 8.90. The quantitative estimate of drug-likeness (QED) is 0.922. The summed E-state index contributed by atoms with van der Waals surface area (Å²) >= 11 is 0. The topological polar surface area (TPSA) is 63.2 Å². The van der Waals surface area contributed by atoms with Crippen molar-refractivity contribution in [2.75, 3.05) is 12.8 Å². The van der Waals surface area contributed by atoms with Gasteiger partial charge in [-0.1, -0.05) is 43.3 Å². The number of hydrogen-bond acceptors (Lipinski definition) is 3. The van der Waals surface area contributed by atoms with Crippen molar-refractivity contribution in [2.45, 2.75) is 17.7 Å². The molecule has 0 aromatic heterocycles. The van der Waals surface area contributed by atoms with Gasteiger partial charge >= 0.3 is 0 Å². The van der Waals surface area contributed by atoms with Crippen LogP contribution in [0.25, 0.3) is 0 Å². The van der Waals surface area contributed by atoms with E-state index in [9.17, 15) is 13.2 Å². The molecule has 1 atom stereocenters. The van der Waals surface area contributed by atoms with Gasteiger partial charge in [0.2, 0.25) is 0 Å². The summed E-state index contributed by atoms with van der Waals surface area (Å²) in [6, 6.07) is 16.0. The van der Waals surface area contributed by atoms with Crippen molar-refractivity contribution >= 4 is 15.7 Å². The number of benzene rings is 2. The number of hydrogen-bond donors (Lipinski definition) is 1. The fourth-order valence-corrected chi connectivity index (χ4v) is 2.78. The van der Waals surface area contributed by atoms with Gasteiger partial charge < -0.3 is 5.32 Å². The minimum Gasteiger partial charge on any atom is -0.351 e. The van der Waals surface area contributed by atoms with Gasteiger partial charge in [-0.05, 0) is 29.7 Å². The van der Waals surface area contributed by atoms with E-state index in [0.29, 0.717) is 12.1 Å². The average Bonchev–Trinajstić information content (AvgIpc) is 2.52. The summed E-state index contributed by atoms with van der Waals surface area (Å²) in [5.41, 5.74) is 1.50. The molecule has 1 amide bonds. The lowest BCUT2D eigenvalue weighted by atomic mass is 10.0. The van der Waals surface area contributed by atoms with Gasteiger partial charge in [0.1, 0.15) is 0 Å². The highest BCUT2D eigenvalue weighted by Crippen LogP contribution is 2.14. The van der Waals surface area contributed by atoms with Crippen LogP contribution in [0.15, 0.2) is 59.5 Å². The fourth-order valence-electron chi connectivity index (χ4n) is 2.12. The van der Waals surface area contributed by atoms with Gasteiger partial charge in [0.25, 0.3) is 5.91 Å². The number of rotatable bonds is 5. The second kappa shape index (κ2) is 6.75. The maximum Gasteiger partial charge on any atom is 0.251 e. The normalized spacial score (nSPS) is 12.6. The van der Waals surface area contributed by atoms with E-state index in [4.69, 9.17) is 0 Å². The maximum atomic E-state index is 12.2. The van der Waals surface area contributed by atoms with E-state index in [2.05, 4.69) is 5.32 Å². The molecule has 116 valence electrons. The maximum absolute atomic E-state index is 12.2. The fraction of sp³-hybridized carbons (Fsp3) is 0.235. The second-order valence-corrected chi connectivity index (χ2v) is 7.34. The average molecular weight is 317 g/mol. The van der Waals surface area contributed by atoms with E-state index in [1.54, 1.807) is 12.1 Å². The molecule has 0 saturated heterocycles. The Bertz CT molecular complexity index is 754. The molecule has 0 aliphatic rings. The Kier molecular flexibility index (Phi) is 4.98. The van der Waals surface area contributed by atoms with Crippen LogP contribution < -0.4 is 5.32 Å². The molecule has 0 saturated carbocycles. The van der Waals surface area contributed by atoms with Crippen molar-refractivity contribution < 1.29 is 13.2 Å². The number of nitrogens with one attached hydrogen (secondary N) is 1. The van der Waals surface area contributed by atoms with Crippen molar-refractivity contribution in [2.24, 2.45) is 0 Å². The summed E-state index contributed by atoms with van der Waals surface area (Å²) in [4.78, 5) is 12.3. The zero-order chi connectivity index (χ0) is 16.2. The molecule has 1 N–H and O–H groups in total. The van der Waals surface area contributed by atoms with Crippen molar-refractivity contribution in [3.05, 3.63) is 65.7 Å². The van der Waals surface area contributed by atoms with Gasteiger partial charge in [-0.25, -0.2) is 8.42 Å². The summed E-state index contributed by atoms with van der Waals surface area (Å²) < 4.78 is 23.1. The summed E-state index contributed by atoms with van der Waals surface area (Å²) in [6.07, 6.45) is 1.13. The first-order chi connectivity index (χ1) is 10.4. The molecule has 0 spiro atoms. The molecule has 0 unspecified atom stereocenters. The van der Waals surface area contributed by atoms with Crippen LogP contribution in [0.3, 0.4) is 0 Å². The third kappa shape index (κ3) is 4.18. The number of sulfone groups is 1. The lowest BCUT2D eigenvalue weighted by molar-refractivity contribution is 0.0951. The third-order valence-corrected chi connectivity index (χ3v) is 4.57. The first kappa shape index (κ1) is 16.2. The molecule has 2 aromatic carbocycles. The zero-order valence-electron chi connectivity index (χ0n) is 12.6. The Morgan fingerprint density at radius 1 is 1.09 bits per heavy atom. The summed E-state index contributed by atoms with van der Waals surface area (Å²) in [5, 5.41) is 2.84. The monoisotopic (exact) mass is 317 g/mol. The Morgan fingerprint density at radius 2 is 1.77 bits per heavy atom. The van der Waals surface area contributed by atoms with Crippen LogP contribution in [-0.2, 0) is 9.84 Å². The minimum atomic E-state index is -3.31. The molecule has 4 nitrogen and oxygen atoms in total. The standard InChI is InChI=1S/C17H19NO3S/c1-13(14-7-4-3-5-8-14)12-18-17(19)15-9-6-10-16(11-15)22(2,20)21/h3-11,13H,12H2,1-2H3,(H,18,19)/t13-/m1/s1. The molecule has 0 heterocycles. The summed E-state index contributed by atoms with van der Waals surface area (Å²) in [6.45, 7) is 2.52. The van der Waals surface area contributed by atoms with Gasteiger partial charge in [-0.3, -0.25) is 4.79 Å². The Morgan fingerprint density at radius 3 is 2.41 bits per heavy atom. The van der Waals surface area contributed by atoms with Crippen molar-refractivity contribution in [3.8, 4) is 0 Å². The Labute approximate surface area is 131 Å². The molecule has 0 aliphatic carbocycles. The van der Waals surface area contributed by atoms with Crippen molar-refractivity contribution in [3.63, 3.8) is 0 Å². The lowest BCUT2D eigenvalue weighted by Crippen LogP contribution is -2.27. The highest BCUT2D eigenvalue weighted by Gasteiger charge is 2.12. The molecule has 22 heavy (non-hydrogen) atoms. The van der Waals surface area contributed by atoms with Crippen molar-refractivity contribution in [1.82, 2.24) is 5.32 Å². The van der Waals surface area contributed by atoms with E-state index in [1.165, 1.54) is 12.1 Å². The predicted octanol–water partition coefficient (Wildman–Crippen LogP) is 2.62. The first-order valence-electron chi connectivity index (χ1n) is 7.01. The minimum absolute atomic E-state index is 0.149. The van der Waals surface area contributed by atoms with E-state index in [-0.39, 0.29) is 16.7 Å². The summed E-state index contributed by atoms with van der Waals surface area (Å²) in [5.74, 6) is -0.0866. The number of amides is 1. The predicted molar refractivity (Wildman–Crippen MR) is 86.7 cm³/mol. The molecule has 0 aliphatic heterocycles. The number of carbonyl (C=O) groups is 1. The SMILES string of the molecule is C[C@H](CNC(=O)c1cccc(S(C)(=O)=O)c1)c1ccccc1. The van der Waals surface area contributed by atoms with E-state index >= 15 is 0 Å². The van der Waals surface area contributed by atoms with E-state index in [0.717, 1.165) is 11.8 Å². The van der Waals surface area contributed by atoms with Crippen LogP contribution in [-0.4, -0.2) is 27.1 Å². The third-order valence-electron chi connectivity index (χ3n) is 3.46. The van der Waals surface area contributed by atoms with E-state index < -0.39 is 9.84 Å². The van der Waals surface area contributed by atoms with Crippen LogP contribution >= 0.6 is 0 Å². The second-order valence-electron chi connectivity index (χ2n) is 5.32. The zero-order valence-corrected chi connectivity index (χ0v) is 13.4. The van der Waals surface area contributed by atoms with Gasteiger partial charge in [-0.15, -0.1) is 0 Å². The smallest absolute Gasteiger partial charge is 0.251 e. The van der Waals surface area contributed by atoms with Gasteiger partial charge in [-0.2, -0.15) is 0 Å². The molecule has 2 aromatic rings. The Balaban J connectivity index is 2.04. The van der Waals surface area contributed by atoms with Crippen LogP contribution in [0.5, 0.6) is 0 Å². The largest absolute Gasteiger partial charge is 0.351 e. The molecule has 0 fully saturated rings. The van der Waals surface area contributed by atoms with Gasteiger partial charge in [0.05, 0.1) is 4.90 Å². The molecule has 2 rings (SSSR count). The van der Waals surface area contributed by atoms with Gasteiger partial charge in [0.15, 0.2) is 9.84 Å². The summed E-state index contributed by atoms with van der Waals surface area (Å²) in [7, 11) is -3.31. The van der Waals surface area contributed by atoms with Crippen LogP contribution in [0.2, 0.25) is 0 Å². The molecule has 0 bridgehead atoms. The van der Waals surface area contributed by atoms with Crippen LogP contribution in [0.1, 0.15) is 28.8 Å².